The summed E-state index contributed by atoms with van der Waals surface area (Å²) < 4.78 is 1.89. The van der Waals surface area contributed by atoms with Crippen LogP contribution in [0, 0.1) is 0 Å². The van der Waals surface area contributed by atoms with Crippen LogP contribution in [-0.2, 0) is 0 Å². The van der Waals surface area contributed by atoms with E-state index in [2.05, 4.69) is 14.9 Å². The number of anilines is 2. The third-order valence-electron chi connectivity index (χ3n) is 5.72. The molecule has 1 saturated heterocycles. The minimum Gasteiger partial charge on any atom is -0.397 e. The Labute approximate surface area is 170 Å². The summed E-state index contributed by atoms with van der Waals surface area (Å²) in [6.45, 7) is 3.14. The lowest BCUT2D eigenvalue weighted by atomic mass is 10.0. The molecular weight excluding hydrogens is 386 g/mol. The summed E-state index contributed by atoms with van der Waals surface area (Å²) >= 11 is 1.35. The van der Waals surface area contributed by atoms with Gasteiger partial charge >= 0.3 is 5.69 Å². The molecule has 0 saturated carbocycles. The van der Waals surface area contributed by atoms with Gasteiger partial charge in [-0.25, -0.2) is 9.78 Å². The van der Waals surface area contributed by atoms with E-state index in [0.717, 1.165) is 52.9 Å². The number of carbonyl (C=O) groups excluding carboxylic acids is 1. The number of carbonyl (C=O) groups is 1. The quantitative estimate of drug-likeness (QED) is 0.506. The van der Waals surface area contributed by atoms with Crippen LogP contribution >= 0.6 is 11.3 Å². The molecule has 0 spiro atoms. The van der Waals surface area contributed by atoms with Crippen molar-refractivity contribution in [3.8, 4) is 0 Å². The molecule has 0 aliphatic carbocycles. The Bertz CT molecular complexity index is 1290. The van der Waals surface area contributed by atoms with E-state index in [1.54, 1.807) is 6.20 Å². The number of rotatable bonds is 3. The van der Waals surface area contributed by atoms with E-state index < -0.39 is 0 Å². The number of nitrogens with one attached hydrogen (secondary N) is 1. The first-order valence-electron chi connectivity index (χ1n) is 9.66. The molecule has 3 aromatic heterocycles. The lowest BCUT2D eigenvalue weighted by Crippen LogP contribution is -2.37. The van der Waals surface area contributed by atoms with Gasteiger partial charge in [0, 0.05) is 32.3 Å². The molecule has 0 bridgehead atoms. The molecule has 5 rings (SSSR count). The number of hydrogen-bond acceptors (Lipinski definition) is 6. The fourth-order valence-corrected chi connectivity index (χ4v) is 5.33. The normalized spacial score (nSPS) is 15.4. The van der Waals surface area contributed by atoms with Crippen LogP contribution in [0.2, 0.25) is 0 Å². The summed E-state index contributed by atoms with van der Waals surface area (Å²) in [6.07, 6.45) is 3.48. The number of Topliss-reactive ketones (excluding diaryl/α,β-unsaturated/α-hetero) is 1. The third-order valence-corrected chi connectivity index (χ3v) is 6.94. The highest BCUT2D eigenvalue weighted by Gasteiger charge is 2.26. The summed E-state index contributed by atoms with van der Waals surface area (Å²) in [7, 11) is 0. The van der Waals surface area contributed by atoms with Gasteiger partial charge in [-0.1, -0.05) is 12.1 Å². The number of imidazole rings is 1. The van der Waals surface area contributed by atoms with E-state index in [1.807, 2.05) is 34.9 Å². The number of fused-ring (bicyclic) bond motifs is 2. The molecule has 1 aliphatic rings. The van der Waals surface area contributed by atoms with Gasteiger partial charge in [0.2, 0.25) is 0 Å². The number of ketones is 1. The predicted molar refractivity (Wildman–Crippen MR) is 117 cm³/mol. The van der Waals surface area contributed by atoms with Crippen LogP contribution in [0.5, 0.6) is 0 Å². The molecule has 3 N–H and O–H groups in total. The van der Waals surface area contributed by atoms with Crippen LogP contribution in [-0.4, -0.2) is 33.4 Å². The maximum atomic E-state index is 12.5. The number of nitrogens with two attached hydrogens (primary N) is 1. The van der Waals surface area contributed by atoms with E-state index in [4.69, 9.17) is 5.73 Å². The van der Waals surface area contributed by atoms with Gasteiger partial charge in [0.05, 0.1) is 32.7 Å². The number of nitrogens with zero attached hydrogens (tertiary/aromatic N) is 3. The number of pyridine rings is 1. The number of piperidine rings is 1. The minimum absolute atomic E-state index is 0.0335. The molecule has 1 aliphatic heterocycles. The zero-order valence-electron chi connectivity index (χ0n) is 16.0. The van der Waals surface area contributed by atoms with E-state index >= 15 is 0 Å². The van der Waals surface area contributed by atoms with Crippen molar-refractivity contribution in [2.24, 2.45) is 0 Å². The SMILES string of the molecule is CC(=O)c1sc2nccc(N3CCC(n4c(=O)[nH]c5ccccc54)CC3)c2c1N. The highest BCUT2D eigenvalue weighted by Crippen LogP contribution is 2.40. The Hall–Kier alpha value is -3.13. The zero-order valence-corrected chi connectivity index (χ0v) is 16.8. The second-order valence-corrected chi connectivity index (χ2v) is 8.45. The Morgan fingerprint density at radius 1 is 1.24 bits per heavy atom. The van der Waals surface area contributed by atoms with Crippen molar-refractivity contribution < 1.29 is 4.79 Å². The molecule has 1 aromatic carbocycles. The number of thiophene rings is 1. The van der Waals surface area contributed by atoms with Crippen molar-refractivity contribution in [3.63, 3.8) is 0 Å². The van der Waals surface area contributed by atoms with Gasteiger partial charge in [-0.2, -0.15) is 0 Å². The number of para-hydroxylation sites is 2. The van der Waals surface area contributed by atoms with E-state index in [9.17, 15) is 9.59 Å². The lowest BCUT2D eigenvalue weighted by molar-refractivity contribution is 0.102. The fraction of sp³-hybridized carbons (Fsp3) is 0.286. The monoisotopic (exact) mass is 407 g/mol. The number of H-pyrrole nitrogens is 1. The van der Waals surface area contributed by atoms with Crippen LogP contribution in [0.3, 0.4) is 0 Å². The minimum atomic E-state index is -0.0517. The molecule has 0 atom stereocenters. The fourth-order valence-electron chi connectivity index (χ4n) is 4.36. The molecule has 7 nitrogen and oxygen atoms in total. The third kappa shape index (κ3) is 2.82. The van der Waals surface area contributed by atoms with E-state index in [-0.39, 0.29) is 17.5 Å². The molecule has 0 unspecified atom stereocenters. The first kappa shape index (κ1) is 17.9. The highest BCUT2D eigenvalue weighted by molar-refractivity contribution is 7.21. The second-order valence-electron chi connectivity index (χ2n) is 7.45. The number of benzene rings is 1. The van der Waals surface area contributed by atoms with Crippen molar-refractivity contribution in [2.45, 2.75) is 25.8 Å². The number of hydrogen-bond donors (Lipinski definition) is 2. The highest BCUT2D eigenvalue weighted by atomic mass is 32.1. The summed E-state index contributed by atoms with van der Waals surface area (Å²) in [5.74, 6) is -0.0335. The van der Waals surface area contributed by atoms with Gasteiger partial charge < -0.3 is 15.6 Å². The van der Waals surface area contributed by atoms with E-state index in [0.29, 0.717) is 10.6 Å². The van der Waals surface area contributed by atoms with Crippen molar-refractivity contribution in [1.82, 2.24) is 14.5 Å². The van der Waals surface area contributed by atoms with Crippen LogP contribution in [0.4, 0.5) is 11.4 Å². The Balaban J connectivity index is 1.46. The van der Waals surface area contributed by atoms with Gasteiger partial charge in [0.25, 0.3) is 0 Å². The maximum Gasteiger partial charge on any atom is 0.326 e. The summed E-state index contributed by atoms with van der Waals surface area (Å²) in [5.41, 5.74) is 9.62. The largest absolute Gasteiger partial charge is 0.397 e. The van der Waals surface area contributed by atoms with Crippen molar-refractivity contribution in [3.05, 3.63) is 51.9 Å². The van der Waals surface area contributed by atoms with Crippen molar-refractivity contribution in [2.75, 3.05) is 23.7 Å². The standard InChI is InChI=1S/C21H21N5O2S/c1-12(27)19-18(22)17-16(6-9-23-20(17)29-19)25-10-7-13(8-11-25)26-15-5-3-2-4-14(15)24-21(26)28/h2-6,9,13H,7-8,10-11,22H2,1H3,(H,24,28). The van der Waals surface area contributed by atoms with Crippen LogP contribution in [0.15, 0.2) is 41.3 Å². The summed E-state index contributed by atoms with van der Waals surface area (Å²) in [6, 6.07) is 9.93. The number of nitrogen functional groups attached to an aromatic ring is 1. The van der Waals surface area contributed by atoms with Gasteiger partial charge in [-0.3, -0.25) is 9.36 Å². The average molecular weight is 407 g/mol. The van der Waals surface area contributed by atoms with Gasteiger partial charge in [-0.15, -0.1) is 11.3 Å². The van der Waals surface area contributed by atoms with E-state index in [1.165, 1.54) is 18.3 Å². The van der Waals surface area contributed by atoms with Crippen LogP contribution in [0.25, 0.3) is 21.3 Å². The van der Waals surface area contributed by atoms with Gasteiger partial charge in [0.15, 0.2) is 5.78 Å². The van der Waals surface area contributed by atoms with Gasteiger partial charge in [0.1, 0.15) is 4.83 Å². The molecule has 4 heterocycles. The average Bonchev–Trinajstić information content (AvgIpc) is 3.24. The lowest BCUT2D eigenvalue weighted by Gasteiger charge is -2.34. The Morgan fingerprint density at radius 2 is 2.00 bits per heavy atom. The molecule has 1 fully saturated rings. The number of aromatic amines is 1. The molecule has 8 heteroatoms. The Morgan fingerprint density at radius 3 is 2.76 bits per heavy atom. The zero-order chi connectivity index (χ0) is 20.1. The number of aromatic nitrogens is 3. The topological polar surface area (TPSA) is 97.0 Å². The van der Waals surface area contributed by atoms with Crippen molar-refractivity contribution >= 4 is 49.7 Å². The smallest absolute Gasteiger partial charge is 0.326 e. The summed E-state index contributed by atoms with van der Waals surface area (Å²) in [4.78, 5) is 35.4. The molecule has 0 amide bonds. The summed E-state index contributed by atoms with van der Waals surface area (Å²) in [5, 5.41) is 0.866. The van der Waals surface area contributed by atoms with Gasteiger partial charge in [-0.05, 0) is 31.0 Å². The molecule has 29 heavy (non-hydrogen) atoms. The molecule has 148 valence electrons. The first-order valence-corrected chi connectivity index (χ1v) is 10.5. The Kier molecular flexibility index (Phi) is 4.16. The second kappa shape index (κ2) is 6.73. The van der Waals surface area contributed by atoms with Crippen molar-refractivity contribution in [1.29, 1.82) is 0 Å². The van der Waals surface area contributed by atoms with Crippen LogP contribution < -0.4 is 16.3 Å². The maximum absolute atomic E-state index is 12.5. The molecule has 0 radical (unpaired) electrons. The molecular formula is C21H21N5O2S. The molecule has 4 aromatic rings. The predicted octanol–water partition coefficient (Wildman–Crippen LogP) is 3.57. The van der Waals surface area contributed by atoms with Crippen LogP contribution in [0.1, 0.15) is 35.5 Å². The first-order chi connectivity index (χ1) is 14.0.